The highest BCUT2D eigenvalue weighted by Gasteiger charge is 2.25. The van der Waals surface area contributed by atoms with Gasteiger partial charge in [0.25, 0.3) is 0 Å². The number of amides is 1. The third-order valence-corrected chi connectivity index (χ3v) is 4.98. The summed E-state index contributed by atoms with van der Waals surface area (Å²) in [5.41, 5.74) is 8.25. The van der Waals surface area contributed by atoms with Crippen molar-refractivity contribution < 1.29 is 14.3 Å². The predicted molar refractivity (Wildman–Crippen MR) is 113 cm³/mol. The van der Waals surface area contributed by atoms with Gasteiger partial charge in [-0.3, -0.25) is 4.79 Å². The molecule has 1 heterocycles. The molecule has 1 fully saturated rings. The molecule has 5 nitrogen and oxygen atoms in total. The van der Waals surface area contributed by atoms with Gasteiger partial charge in [0.15, 0.2) is 0 Å². The van der Waals surface area contributed by atoms with Crippen molar-refractivity contribution in [2.24, 2.45) is 5.73 Å². The van der Waals surface area contributed by atoms with E-state index in [4.69, 9.17) is 15.2 Å². The first-order chi connectivity index (χ1) is 13.2. The van der Waals surface area contributed by atoms with Crippen LogP contribution in [-0.4, -0.2) is 37.2 Å². The van der Waals surface area contributed by atoms with E-state index < -0.39 is 0 Å². The van der Waals surface area contributed by atoms with Crippen molar-refractivity contribution in [1.29, 1.82) is 0 Å². The lowest BCUT2D eigenvalue weighted by Crippen LogP contribution is -2.38. The third-order valence-electron chi connectivity index (χ3n) is 4.98. The summed E-state index contributed by atoms with van der Waals surface area (Å²) in [7, 11) is 1.65. The summed E-state index contributed by atoms with van der Waals surface area (Å²) in [6, 6.07) is 17.2. The van der Waals surface area contributed by atoms with E-state index in [1.54, 1.807) is 7.11 Å². The van der Waals surface area contributed by atoms with Crippen molar-refractivity contribution in [1.82, 2.24) is 4.90 Å². The second-order valence-corrected chi connectivity index (χ2v) is 6.94. The fourth-order valence-electron chi connectivity index (χ4n) is 3.46. The summed E-state index contributed by atoms with van der Waals surface area (Å²) in [6.45, 7) is 1.84. The lowest BCUT2D eigenvalue weighted by atomic mass is 10.0. The lowest BCUT2D eigenvalue weighted by molar-refractivity contribution is -0.133. The maximum absolute atomic E-state index is 13.1. The number of carbonyl (C=O) groups is 1. The quantitative estimate of drug-likeness (QED) is 0.728. The Balaban J connectivity index is 0.00000280. The molecule has 2 N–H and O–H groups in total. The van der Waals surface area contributed by atoms with Gasteiger partial charge in [0.2, 0.25) is 5.91 Å². The van der Waals surface area contributed by atoms with E-state index in [0.717, 1.165) is 36.3 Å². The van der Waals surface area contributed by atoms with E-state index in [2.05, 4.69) is 0 Å². The van der Waals surface area contributed by atoms with Crippen LogP contribution >= 0.6 is 12.4 Å². The highest BCUT2D eigenvalue weighted by molar-refractivity contribution is 5.85. The minimum atomic E-state index is -0.316. The van der Waals surface area contributed by atoms with Gasteiger partial charge in [-0.15, -0.1) is 12.4 Å². The molecule has 28 heavy (non-hydrogen) atoms. The van der Waals surface area contributed by atoms with Crippen LogP contribution in [0, 0.1) is 0 Å². The molecule has 2 aromatic carbocycles. The van der Waals surface area contributed by atoms with E-state index in [-0.39, 0.29) is 36.9 Å². The lowest BCUT2D eigenvalue weighted by Gasteiger charge is -2.27. The Kier molecular flexibility index (Phi) is 8.77. The van der Waals surface area contributed by atoms with Crippen LogP contribution in [0.2, 0.25) is 0 Å². The summed E-state index contributed by atoms with van der Waals surface area (Å²) < 4.78 is 11.2. The Morgan fingerprint density at radius 3 is 2.61 bits per heavy atom. The molecule has 3 rings (SSSR count). The minimum Gasteiger partial charge on any atom is -0.496 e. The number of hydrogen-bond acceptors (Lipinski definition) is 4. The van der Waals surface area contributed by atoms with E-state index >= 15 is 0 Å². The maximum Gasteiger partial charge on any atom is 0.224 e. The number of ether oxygens (including phenoxy) is 2. The van der Waals surface area contributed by atoms with Crippen molar-refractivity contribution in [2.45, 2.75) is 38.0 Å². The smallest absolute Gasteiger partial charge is 0.224 e. The van der Waals surface area contributed by atoms with Crippen LogP contribution < -0.4 is 10.5 Å². The van der Waals surface area contributed by atoms with Crippen LogP contribution in [0.3, 0.4) is 0 Å². The highest BCUT2D eigenvalue weighted by Crippen LogP contribution is 2.23. The topological polar surface area (TPSA) is 64.8 Å². The van der Waals surface area contributed by atoms with E-state index in [1.165, 1.54) is 0 Å². The zero-order valence-electron chi connectivity index (χ0n) is 16.3. The van der Waals surface area contributed by atoms with Gasteiger partial charge in [0.1, 0.15) is 5.75 Å². The molecule has 1 saturated heterocycles. The zero-order valence-corrected chi connectivity index (χ0v) is 17.1. The van der Waals surface area contributed by atoms with Crippen LogP contribution in [-0.2, 0) is 16.1 Å². The maximum atomic E-state index is 13.1. The van der Waals surface area contributed by atoms with Gasteiger partial charge >= 0.3 is 0 Å². The summed E-state index contributed by atoms with van der Waals surface area (Å²) in [5, 5.41) is 0. The molecule has 0 spiro atoms. The molecular weight excluding hydrogens is 376 g/mol. The second kappa shape index (κ2) is 11.1. The highest BCUT2D eigenvalue weighted by atomic mass is 35.5. The molecule has 2 unspecified atom stereocenters. The summed E-state index contributed by atoms with van der Waals surface area (Å²) in [4.78, 5) is 14.9. The fraction of sp³-hybridized carbons (Fsp3) is 0.409. The first-order valence-electron chi connectivity index (χ1n) is 9.49. The minimum absolute atomic E-state index is 0. The molecule has 1 amide bonds. The molecule has 0 radical (unpaired) electrons. The van der Waals surface area contributed by atoms with Crippen molar-refractivity contribution in [3.63, 3.8) is 0 Å². The molecule has 2 atom stereocenters. The van der Waals surface area contributed by atoms with Crippen LogP contribution in [0.4, 0.5) is 0 Å². The number of nitrogens with two attached hydrogens (primary N) is 1. The summed E-state index contributed by atoms with van der Waals surface area (Å²) in [6.07, 6.45) is 2.40. The van der Waals surface area contributed by atoms with E-state index in [1.807, 2.05) is 59.5 Å². The van der Waals surface area contributed by atoms with Gasteiger partial charge in [-0.25, -0.2) is 0 Å². The number of methoxy groups -OCH3 is 1. The first-order valence-corrected chi connectivity index (χ1v) is 9.49. The van der Waals surface area contributed by atoms with Crippen LogP contribution in [0.15, 0.2) is 54.6 Å². The van der Waals surface area contributed by atoms with Crippen molar-refractivity contribution in [3.8, 4) is 5.75 Å². The largest absolute Gasteiger partial charge is 0.496 e. The Bertz CT molecular complexity index is 736. The zero-order chi connectivity index (χ0) is 19.1. The molecule has 152 valence electrons. The molecule has 0 aromatic heterocycles. The van der Waals surface area contributed by atoms with Crippen LogP contribution in [0.1, 0.15) is 36.4 Å². The fourth-order valence-corrected chi connectivity index (χ4v) is 3.46. The van der Waals surface area contributed by atoms with E-state index in [9.17, 15) is 4.79 Å². The molecule has 1 aliphatic rings. The van der Waals surface area contributed by atoms with Crippen molar-refractivity contribution >= 4 is 18.3 Å². The van der Waals surface area contributed by atoms with Crippen LogP contribution in [0.25, 0.3) is 0 Å². The van der Waals surface area contributed by atoms with Gasteiger partial charge in [0, 0.05) is 37.7 Å². The van der Waals surface area contributed by atoms with Gasteiger partial charge in [-0.05, 0) is 24.5 Å². The SMILES string of the molecule is COc1ccccc1CN(CC1CCCO1)C(=O)CC(N)c1ccccc1.Cl. The normalized spacial score (nSPS) is 16.9. The summed E-state index contributed by atoms with van der Waals surface area (Å²) >= 11 is 0. The molecule has 0 aliphatic carbocycles. The van der Waals surface area contributed by atoms with Crippen molar-refractivity contribution in [2.75, 3.05) is 20.3 Å². The van der Waals surface area contributed by atoms with Gasteiger partial charge in [-0.1, -0.05) is 48.5 Å². The Labute approximate surface area is 173 Å². The van der Waals surface area contributed by atoms with Gasteiger partial charge in [0.05, 0.1) is 13.2 Å². The molecule has 0 saturated carbocycles. The average molecular weight is 405 g/mol. The predicted octanol–water partition coefficient (Wildman–Crippen LogP) is 3.71. The number of nitrogens with zero attached hydrogens (tertiary/aromatic N) is 1. The molecule has 1 aliphatic heterocycles. The summed E-state index contributed by atoms with van der Waals surface area (Å²) in [5.74, 6) is 0.822. The number of hydrogen-bond donors (Lipinski definition) is 1. The number of halogens is 1. The Morgan fingerprint density at radius 2 is 1.93 bits per heavy atom. The van der Waals surface area contributed by atoms with Gasteiger partial charge < -0.3 is 20.1 Å². The average Bonchev–Trinajstić information content (AvgIpc) is 3.21. The van der Waals surface area contributed by atoms with Crippen molar-refractivity contribution in [3.05, 3.63) is 65.7 Å². The Hall–Kier alpha value is -2.08. The number of carbonyl (C=O) groups excluding carboxylic acids is 1. The third kappa shape index (κ3) is 5.96. The van der Waals surface area contributed by atoms with E-state index in [0.29, 0.717) is 13.1 Å². The van der Waals surface area contributed by atoms with Gasteiger partial charge in [-0.2, -0.15) is 0 Å². The monoisotopic (exact) mass is 404 g/mol. The molecule has 0 bridgehead atoms. The number of para-hydroxylation sites is 1. The van der Waals surface area contributed by atoms with Crippen LogP contribution in [0.5, 0.6) is 5.75 Å². The molecule has 2 aromatic rings. The standard InChI is InChI=1S/C22H28N2O3.ClH/c1-26-21-12-6-5-10-18(21)15-24(16-19-11-7-13-27-19)22(25)14-20(23)17-8-3-2-4-9-17;/h2-6,8-10,12,19-20H,7,11,13-16,23H2,1H3;1H. The number of benzene rings is 2. The molecule has 6 heteroatoms. The second-order valence-electron chi connectivity index (χ2n) is 6.94. The number of rotatable bonds is 8. The first kappa shape index (κ1) is 22.2. The Morgan fingerprint density at radius 1 is 1.21 bits per heavy atom. The molecular formula is C22H29ClN2O3.